The average Bonchev–Trinajstić information content (AvgIpc) is 2.30. The Kier molecular flexibility index (Phi) is 4.10. The third-order valence-electron chi connectivity index (χ3n) is 3.04. The minimum absolute atomic E-state index is 0.412. The number of rotatable bonds is 2. The molecule has 1 aliphatic heterocycles. The predicted octanol–water partition coefficient (Wildman–Crippen LogP) is 2.58. The molecule has 2 rings (SSSR count). The molecule has 1 fully saturated rings. The zero-order chi connectivity index (χ0) is 12.5. The summed E-state index contributed by atoms with van der Waals surface area (Å²) in [5, 5.41) is 0. The van der Waals surface area contributed by atoms with E-state index in [9.17, 15) is 8.42 Å². The lowest BCUT2D eigenvalue weighted by Crippen LogP contribution is -2.38. The van der Waals surface area contributed by atoms with Crippen LogP contribution >= 0.6 is 22.6 Å². The Labute approximate surface area is 116 Å². The third kappa shape index (κ3) is 3.00. The minimum atomic E-state index is -3.27. The van der Waals surface area contributed by atoms with E-state index in [1.54, 1.807) is 16.4 Å². The van der Waals surface area contributed by atoms with E-state index in [0.717, 1.165) is 18.4 Å². The van der Waals surface area contributed by atoms with Gasteiger partial charge in [0.25, 0.3) is 0 Å². The Hall–Kier alpha value is -0.140. The topological polar surface area (TPSA) is 37.4 Å². The average molecular weight is 365 g/mol. The standard InChI is InChI=1S/C12H16INO2S/c1-10-2-4-12(5-3-10)17(15,16)14-8-6-11(13)7-9-14/h2-5,11H,6-9H2,1H3. The SMILES string of the molecule is Cc1ccc(S(=O)(=O)N2CCC(I)CC2)cc1. The summed E-state index contributed by atoms with van der Waals surface area (Å²) in [5.74, 6) is 0. The van der Waals surface area contributed by atoms with Crippen molar-refractivity contribution in [3.05, 3.63) is 29.8 Å². The van der Waals surface area contributed by atoms with Crippen LogP contribution < -0.4 is 0 Å². The van der Waals surface area contributed by atoms with Crippen molar-refractivity contribution >= 4 is 32.6 Å². The summed E-state index contributed by atoms with van der Waals surface area (Å²) in [7, 11) is -3.27. The van der Waals surface area contributed by atoms with Crippen LogP contribution in [0.5, 0.6) is 0 Å². The van der Waals surface area contributed by atoms with Gasteiger partial charge < -0.3 is 0 Å². The molecule has 17 heavy (non-hydrogen) atoms. The van der Waals surface area contributed by atoms with Crippen molar-refractivity contribution in [1.82, 2.24) is 4.31 Å². The highest BCUT2D eigenvalue weighted by atomic mass is 127. The fourth-order valence-corrected chi connectivity index (χ4v) is 3.95. The molecule has 1 saturated heterocycles. The number of piperidine rings is 1. The molecule has 0 saturated carbocycles. The van der Waals surface area contributed by atoms with Crippen molar-refractivity contribution < 1.29 is 8.42 Å². The maximum absolute atomic E-state index is 12.3. The number of halogens is 1. The van der Waals surface area contributed by atoms with E-state index in [0.29, 0.717) is 21.9 Å². The monoisotopic (exact) mass is 365 g/mol. The first-order valence-electron chi connectivity index (χ1n) is 5.71. The Morgan fingerprint density at radius 1 is 1.18 bits per heavy atom. The maximum atomic E-state index is 12.3. The first kappa shape index (κ1) is 13.3. The number of aryl methyl sites for hydroxylation is 1. The predicted molar refractivity (Wildman–Crippen MR) is 77.0 cm³/mol. The van der Waals surface area contributed by atoms with Gasteiger partial charge >= 0.3 is 0 Å². The molecule has 1 aromatic carbocycles. The largest absolute Gasteiger partial charge is 0.243 e. The maximum Gasteiger partial charge on any atom is 0.243 e. The second-order valence-corrected chi connectivity index (χ2v) is 8.09. The van der Waals surface area contributed by atoms with E-state index in [1.807, 2.05) is 19.1 Å². The van der Waals surface area contributed by atoms with Gasteiger partial charge in [0.05, 0.1) is 4.90 Å². The summed E-state index contributed by atoms with van der Waals surface area (Å²) < 4.78 is 26.9. The number of hydrogen-bond donors (Lipinski definition) is 0. The van der Waals surface area contributed by atoms with Gasteiger partial charge in [-0.15, -0.1) is 0 Å². The molecule has 0 bridgehead atoms. The van der Waals surface area contributed by atoms with Crippen LogP contribution in [0, 0.1) is 6.92 Å². The van der Waals surface area contributed by atoms with Gasteiger partial charge in [-0.3, -0.25) is 0 Å². The van der Waals surface area contributed by atoms with Gasteiger partial charge in [-0.25, -0.2) is 8.42 Å². The molecule has 94 valence electrons. The molecule has 1 heterocycles. The first-order chi connectivity index (χ1) is 8.00. The molecule has 0 radical (unpaired) electrons. The zero-order valence-electron chi connectivity index (χ0n) is 9.77. The van der Waals surface area contributed by atoms with Gasteiger partial charge in [0, 0.05) is 17.0 Å². The lowest BCUT2D eigenvalue weighted by molar-refractivity contribution is 0.357. The van der Waals surface area contributed by atoms with E-state index in [2.05, 4.69) is 22.6 Å². The van der Waals surface area contributed by atoms with Gasteiger partial charge in [-0.1, -0.05) is 40.3 Å². The summed E-state index contributed by atoms with van der Waals surface area (Å²) in [4.78, 5) is 0.412. The van der Waals surface area contributed by atoms with Gasteiger partial charge in [-0.05, 0) is 31.9 Å². The van der Waals surface area contributed by atoms with Gasteiger partial charge in [0.2, 0.25) is 10.0 Å². The van der Waals surface area contributed by atoms with Crippen molar-refractivity contribution in [2.45, 2.75) is 28.6 Å². The molecule has 0 aromatic heterocycles. The van der Waals surface area contributed by atoms with Crippen LogP contribution in [0.2, 0.25) is 0 Å². The Morgan fingerprint density at radius 2 is 1.71 bits per heavy atom. The molecule has 0 atom stereocenters. The summed E-state index contributed by atoms with van der Waals surface area (Å²) in [6, 6.07) is 7.08. The molecular weight excluding hydrogens is 349 g/mol. The molecule has 0 aliphatic carbocycles. The molecule has 1 aromatic rings. The number of alkyl halides is 1. The van der Waals surface area contributed by atoms with E-state index in [1.165, 1.54) is 0 Å². The number of nitrogens with zero attached hydrogens (tertiary/aromatic N) is 1. The Morgan fingerprint density at radius 3 is 2.24 bits per heavy atom. The number of benzene rings is 1. The smallest absolute Gasteiger partial charge is 0.207 e. The van der Waals surface area contributed by atoms with Crippen molar-refractivity contribution in [2.75, 3.05) is 13.1 Å². The van der Waals surface area contributed by atoms with Crippen molar-refractivity contribution in [3.63, 3.8) is 0 Å². The van der Waals surface area contributed by atoms with Crippen LogP contribution in [0.3, 0.4) is 0 Å². The van der Waals surface area contributed by atoms with E-state index in [-0.39, 0.29) is 0 Å². The fraction of sp³-hybridized carbons (Fsp3) is 0.500. The second-order valence-electron chi connectivity index (χ2n) is 4.39. The van der Waals surface area contributed by atoms with E-state index >= 15 is 0 Å². The van der Waals surface area contributed by atoms with Crippen LogP contribution in [-0.2, 0) is 10.0 Å². The van der Waals surface area contributed by atoms with Crippen molar-refractivity contribution in [1.29, 1.82) is 0 Å². The highest BCUT2D eigenvalue weighted by Gasteiger charge is 2.28. The van der Waals surface area contributed by atoms with Crippen LogP contribution in [-0.4, -0.2) is 29.7 Å². The molecular formula is C12H16INO2S. The molecule has 3 nitrogen and oxygen atoms in total. The zero-order valence-corrected chi connectivity index (χ0v) is 12.7. The number of sulfonamides is 1. The van der Waals surface area contributed by atoms with E-state index < -0.39 is 10.0 Å². The molecule has 5 heteroatoms. The van der Waals surface area contributed by atoms with Crippen molar-refractivity contribution in [3.8, 4) is 0 Å². The molecule has 0 unspecified atom stereocenters. The van der Waals surface area contributed by atoms with Crippen LogP contribution in [0.4, 0.5) is 0 Å². The number of hydrogen-bond acceptors (Lipinski definition) is 2. The Balaban J connectivity index is 2.21. The highest BCUT2D eigenvalue weighted by Crippen LogP contribution is 2.24. The summed E-state index contributed by atoms with van der Waals surface area (Å²) in [5.41, 5.74) is 1.08. The van der Waals surface area contributed by atoms with Gasteiger partial charge in [0.1, 0.15) is 0 Å². The molecule has 0 spiro atoms. The van der Waals surface area contributed by atoms with Crippen LogP contribution in [0.15, 0.2) is 29.2 Å². The normalized spacial score (nSPS) is 19.4. The van der Waals surface area contributed by atoms with E-state index in [4.69, 9.17) is 0 Å². The summed E-state index contributed by atoms with van der Waals surface area (Å²) >= 11 is 2.39. The quantitative estimate of drug-likeness (QED) is 0.597. The lowest BCUT2D eigenvalue weighted by Gasteiger charge is -2.28. The highest BCUT2D eigenvalue weighted by molar-refractivity contribution is 14.1. The summed E-state index contributed by atoms with van der Waals surface area (Å²) in [6.07, 6.45) is 1.90. The van der Waals surface area contributed by atoms with Gasteiger partial charge in [-0.2, -0.15) is 4.31 Å². The Bertz CT molecular complexity index is 476. The molecule has 1 aliphatic rings. The molecule has 0 amide bonds. The van der Waals surface area contributed by atoms with Crippen LogP contribution in [0.1, 0.15) is 18.4 Å². The van der Waals surface area contributed by atoms with Gasteiger partial charge in [0.15, 0.2) is 0 Å². The summed E-state index contributed by atoms with van der Waals surface area (Å²) in [6.45, 7) is 3.24. The lowest BCUT2D eigenvalue weighted by atomic mass is 10.2. The van der Waals surface area contributed by atoms with Crippen molar-refractivity contribution in [2.24, 2.45) is 0 Å². The minimum Gasteiger partial charge on any atom is -0.207 e. The first-order valence-corrected chi connectivity index (χ1v) is 8.39. The third-order valence-corrected chi connectivity index (χ3v) is 6.20. The second kappa shape index (κ2) is 5.24. The fourth-order valence-electron chi connectivity index (χ4n) is 1.92. The van der Waals surface area contributed by atoms with Crippen LogP contribution in [0.25, 0.3) is 0 Å². The molecule has 0 N–H and O–H groups in total.